The molecule has 1 aromatic heterocycles. The molecule has 1 amide bonds. The molecule has 1 aliphatic carbocycles. The molecule has 3 rings (SSSR count). The first-order valence-electron chi connectivity index (χ1n) is 8.90. The van der Waals surface area contributed by atoms with E-state index >= 15 is 0 Å². The molecule has 1 saturated carbocycles. The van der Waals surface area contributed by atoms with Crippen LogP contribution in [0.5, 0.6) is 5.88 Å². The van der Waals surface area contributed by atoms with E-state index in [-0.39, 0.29) is 12.1 Å². The molecular formula is C19H25ClN2O4. The van der Waals surface area contributed by atoms with Crippen LogP contribution in [0.1, 0.15) is 45.6 Å². The maximum atomic E-state index is 11.8. The van der Waals surface area contributed by atoms with Gasteiger partial charge in [-0.3, -0.25) is 0 Å². The molecule has 7 heteroatoms. The summed E-state index contributed by atoms with van der Waals surface area (Å²) < 4.78 is 16.7. The number of halogens is 1. The topological polar surface area (TPSA) is 69.7 Å². The normalized spacial score (nSPS) is 22.8. The smallest absolute Gasteiger partial charge is 0.407 e. The summed E-state index contributed by atoms with van der Waals surface area (Å²) in [6, 6.07) is 3.77. The largest absolute Gasteiger partial charge is 0.474 e. The molecule has 2 aliphatic rings. The number of carbonyl (C=O) groups is 1. The molecule has 0 spiro atoms. The van der Waals surface area contributed by atoms with Crippen LogP contribution in [0.2, 0.25) is 5.15 Å². The van der Waals surface area contributed by atoms with E-state index in [0.29, 0.717) is 24.2 Å². The van der Waals surface area contributed by atoms with Crippen LogP contribution in [0, 0.1) is 0 Å². The van der Waals surface area contributed by atoms with Crippen molar-refractivity contribution in [1.82, 2.24) is 10.3 Å². The highest BCUT2D eigenvalue weighted by molar-refractivity contribution is 6.29. The lowest BCUT2D eigenvalue weighted by atomic mass is 9.89. The Morgan fingerprint density at radius 1 is 1.35 bits per heavy atom. The number of hydrogen-bond acceptors (Lipinski definition) is 5. The van der Waals surface area contributed by atoms with Gasteiger partial charge in [-0.2, -0.15) is 0 Å². The Balaban J connectivity index is 1.57. The monoisotopic (exact) mass is 380 g/mol. The number of amides is 1. The van der Waals surface area contributed by atoms with Crippen molar-refractivity contribution in [3.8, 4) is 5.88 Å². The van der Waals surface area contributed by atoms with Crippen LogP contribution in [-0.4, -0.2) is 42.0 Å². The number of nitrogens with one attached hydrogen (secondary N) is 1. The van der Waals surface area contributed by atoms with Gasteiger partial charge in [-0.15, -0.1) is 0 Å². The molecule has 0 bridgehead atoms. The number of nitrogens with zero attached hydrogens (tertiary/aromatic N) is 1. The van der Waals surface area contributed by atoms with E-state index in [1.54, 1.807) is 6.07 Å². The molecular weight excluding hydrogens is 356 g/mol. The van der Waals surface area contributed by atoms with Crippen molar-refractivity contribution in [2.45, 2.75) is 57.8 Å². The first-order valence-corrected chi connectivity index (χ1v) is 9.28. The average molecular weight is 381 g/mol. The van der Waals surface area contributed by atoms with E-state index in [4.69, 9.17) is 25.8 Å². The molecule has 0 unspecified atom stereocenters. The van der Waals surface area contributed by atoms with Crippen LogP contribution in [0.15, 0.2) is 18.2 Å². The van der Waals surface area contributed by atoms with Crippen LogP contribution in [0.3, 0.4) is 0 Å². The van der Waals surface area contributed by atoms with Gasteiger partial charge >= 0.3 is 6.09 Å². The van der Waals surface area contributed by atoms with Gasteiger partial charge in [0.2, 0.25) is 5.88 Å². The lowest BCUT2D eigenvalue weighted by molar-refractivity contribution is 0.0354. The first kappa shape index (κ1) is 19.0. The summed E-state index contributed by atoms with van der Waals surface area (Å²) >= 11 is 6.05. The second kappa shape index (κ2) is 7.84. The summed E-state index contributed by atoms with van der Waals surface area (Å²) in [5.74, 6) is 0.548. The summed E-state index contributed by atoms with van der Waals surface area (Å²) in [4.78, 5) is 16.2. The zero-order valence-electron chi connectivity index (χ0n) is 15.4. The number of carbonyl (C=O) groups excluding carboxylic acids is 1. The van der Waals surface area contributed by atoms with Gasteiger partial charge in [-0.1, -0.05) is 17.7 Å². The summed E-state index contributed by atoms with van der Waals surface area (Å²) in [6.07, 6.45) is 3.92. The van der Waals surface area contributed by atoms with Crippen LogP contribution in [-0.2, 0) is 9.47 Å². The number of rotatable bonds is 4. The Morgan fingerprint density at radius 2 is 2.12 bits per heavy atom. The third-order valence-corrected chi connectivity index (χ3v) is 4.44. The Kier molecular flexibility index (Phi) is 5.73. The van der Waals surface area contributed by atoms with Crippen LogP contribution < -0.4 is 10.1 Å². The SMILES string of the molecule is CC(C)(C)OC(=O)N[C@H]1C[C@@H](Oc2nc(Cl)ccc2C2=CCOCC2)C1. The van der Waals surface area contributed by atoms with Crippen molar-refractivity contribution in [1.29, 1.82) is 0 Å². The highest BCUT2D eigenvalue weighted by atomic mass is 35.5. The first-order chi connectivity index (χ1) is 12.3. The highest BCUT2D eigenvalue weighted by Crippen LogP contribution is 2.33. The Morgan fingerprint density at radius 3 is 2.77 bits per heavy atom. The third kappa shape index (κ3) is 5.11. The fraction of sp³-hybridized carbons (Fsp3) is 0.579. The maximum absolute atomic E-state index is 11.8. The van der Waals surface area contributed by atoms with Crippen molar-refractivity contribution in [3.05, 3.63) is 28.9 Å². The van der Waals surface area contributed by atoms with E-state index in [1.807, 2.05) is 26.8 Å². The fourth-order valence-corrected chi connectivity index (χ4v) is 3.08. The summed E-state index contributed by atoms with van der Waals surface area (Å²) in [5.41, 5.74) is 1.63. The van der Waals surface area contributed by atoms with Gasteiger partial charge in [0.15, 0.2) is 0 Å². The minimum atomic E-state index is -0.499. The lowest BCUT2D eigenvalue weighted by Gasteiger charge is -2.36. The Bertz CT molecular complexity index is 693. The molecule has 0 radical (unpaired) electrons. The molecule has 26 heavy (non-hydrogen) atoms. The molecule has 0 atom stereocenters. The second-order valence-electron chi connectivity index (χ2n) is 7.60. The van der Waals surface area contributed by atoms with Crippen molar-refractivity contribution >= 4 is 23.3 Å². The molecule has 142 valence electrons. The fourth-order valence-electron chi connectivity index (χ4n) is 2.94. The maximum Gasteiger partial charge on any atom is 0.407 e. The minimum absolute atomic E-state index is 0.0000870. The van der Waals surface area contributed by atoms with Crippen molar-refractivity contribution < 1.29 is 19.0 Å². The second-order valence-corrected chi connectivity index (χ2v) is 7.98. The van der Waals surface area contributed by atoms with Gasteiger partial charge in [-0.05, 0) is 44.9 Å². The standard InChI is InChI=1S/C19H25ClN2O4/c1-19(2,3)26-18(23)21-13-10-14(11-13)25-17-15(4-5-16(20)22-17)12-6-8-24-9-7-12/h4-6,13-14H,7-11H2,1-3H3,(H,21,23)/t13-,14+. The Hall–Kier alpha value is -1.79. The lowest BCUT2D eigenvalue weighted by Crippen LogP contribution is -2.50. The number of pyridine rings is 1. The van der Waals surface area contributed by atoms with Crippen molar-refractivity contribution in [3.63, 3.8) is 0 Å². The zero-order valence-corrected chi connectivity index (χ0v) is 16.1. The van der Waals surface area contributed by atoms with Crippen LogP contribution in [0.25, 0.3) is 5.57 Å². The third-order valence-electron chi connectivity index (χ3n) is 4.23. The van der Waals surface area contributed by atoms with Gasteiger partial charge in [-0.25, -0.2) is 9.78 Å². The molecule has 1 aliphatic heterocycles. The van der Waals surface area contributed by atoms with E-state index in [9.17, 15) is 4.79 Å². The predicted molar refractivity (Wildman–Crippen MR) is 99.5 cm³/mol. The zero-order chi connectivity index (χ0) is 18.7. The van der Waals surface area contributed by atoms with E-state index in [2.05, 4.69) is 16.4 Å². The van der Waals surface area contributed by atoms with Gasteiger partial charge < -0.3 is 19.5 Å². The molecule has 2 heterocycles. The van der Waals surface area contributed by atoms with E-state index in [0.717, 1.165) is 30.4 Å². The number of ether oxygens (including phenoxy) is 3. The van der Waals surface area contributed by atoms with Gasteiger partial charge in [0, 0.05) is 24.4 Å². The average Bonchev–Trinajstić information content (AvgIpc) is 2.52. The number of hydrogen-bond donors (Lipinski definition) is 1. The summed E-state index contributed by atoms with van der Waals surface area (Å²) in [7, 11) is 0. The summed E-state index contributed by atoms with van der Waals surface area (Å²) in [5, 5.41) is 3.26. The summed E-state index contributed by atoms with van der Waals surface area (Å²) in [6.45, 7) is 6.83. The molecule has 1 N–H and O–H groups in total. The molecule has 6 nitrogen and oxygen atoms in total. The number of alkyl carbamates (subject to hydrolysis) is 1. The van der Waals surface area contributed by atoms with Gasteiger partial charge in [0.1, 0.15) is 16.9 Å². The quantitative estimate of drug-likeness (QED) is 0.800. The van der Waals surface area contributed by atoms with Crippen LogP contribution >= 0.6 is 11.6 Å². The van der Waals surface area contributed by atoms with Crippen molar-refractivity contribution in [2.75, 3.05) is 13.2 Å². The van der Waals surface area contributed by atoms with Gasteiger partial charge in [0.25, 0.3) is 0 Å². The molecule has 1 fully saturated rings. The predicted octanol–water partition coefficient (Wildman–Crippen LogP) is 3.97. The van der Waals surface area contributed by atoms with Gasteiger partial charge in [0.05, 0.1) is 13.2 Å². The minimum Gasteiger partial charge on any atom is -0.474 e. The van der Waals surface area contributed by atoms with Crippen LogP contribution in [0.4, 0.5) is 4.79 Å². The number of aromatic nitrogens is 1. The highest BCUT2D eigenvalue weighted by Gasteiger charge is 2.34. The Labute approximate surface area is 158 Å². The molecule has 0 saturated heterocycles. The van der Waals surface area contributed by atoms with E-state index in [1.165, 1.54) is 0 Å². The van der Waals surface area contributed by atoms with Crippen molar-refractivity contribution in [2.24, 2.45) is 0 Å². The molecule has 1 aromatic rings. The molecule has 0 aromatic carbocycles. The van der Waals surface area contributed by atoms with E-state index < -0.39 is 11.7 Å².